The van der Waals surface area contributed by atoms with Crippen molar-refractivity contribution in [1.82, 2.24) is 4.57 Å². The molecule has 0 unspecified atom stereocenters. The standard InChI is InChI=1S/C24H21N.C9H10.C2H6/c1-3-7-20-16-22(19-12-10-18(2)11-13-19)17-21-14-15-25(24(20)21)23-8-5-4-6-9-23;1-2-6-9-7-4-3-5-8-9;1-2/h3-17H,1-2H3;2-8H,1H3;1-2H3/b7-3+;6-2-;. The summed E-state index contributed by atoms with van der Waals surface area (Å²) in [5.74, 6) is 0. The lowest BCUT2D eigenvalue weighted by molar-refractivity contribution is 1.13. The van der Waals surface area contributed by atoms with Gasteiger partial charge in [0, 0.05) is 17.3 Å². The maximum absolute atomic E-state index is 2.28. The Morgan fingerprint density at radius 1 is 0.611 bits per heavy atom. The van der Waals surface area contributed by atoms with E-state index in [-0.39, 0.29) is 0 Å². The summed E-state index contributed by atoms with van der Waals surface area (Å²) in [5.41, 5.74) is 8.74. The summed E-state index contributed by atoms with van der Waals surface area (Å²) < 4.78 is 2.27. The van der Waals surface area contributed by atoms with Crippen LogP contribution in [0.25, 0.3) is 39.9 Å². The molecule has 4 aromatic carbocycles. The number of benzene rings is 4. The monoisotopic (exact) mass is 471 g/mol. The topological polar surface area (TPSA) is 4.93 Å². The quantitative estimate of drug-likeness (QED) is 0.246. The summed E-state index contributed by atoms with van der Waals surface area (Å²) in [6.45, 7) is 10.2. The smallest absolute Gasteiger partial charge is 0.0601 e. The van der Waals surface area contributed by atoms with Crippen LogP contribution in [0.5, 0.6) is 0 Å². The highest BCUT2D eigenvalue weighted by atomic mass is 15.0. The zero-order valence-electron chi connectivity index (χ0n) is 22.1. The molecule has 0 spiro atoms. The van der Waals surface area contributed by atoms with E-state index in [1.54, 1.807) is 0 Å². The van der Waals surface area contributed by atoms with E-state index in [1.165, 1.54) is 44.4 Å². The predicted molar refractivity (Wildman–Crippen MR) is 161 cm³/mol. The molecule has 182 valence electrons. The molecule has 0 aliphatic heterocycles. The Morgan fingerprint density at radius 2 is 1.22 bits per heavy atom. The summed E-state index contributed by atoms with van der Waals surface area (Å²) in [7, 11) is 0. The van der Waals surface area contributed by atoms with Crippen LogP contribution in [0.2, 0.25) is 0 Å². The molecular weight excluding hydrogens is 434 g/mol. The molecule has 0 aliphatic carbocycles. The van der Waals surface area contributed by atoms with Crippen LogP contribution in [0.15, 0.2) is 121 Å². The van der Waals surface area contributed by atoms with Crippen LogP contribution in [-0.4, -0.2) is 4.57 Å². The van der Waals surface area contributed by atoms with Crippen molar-refractivity contribution in [2.45, 2.75) is 34.6 Å². The lowest BCUT2D eigenvalue weighted by Crippen LogP contribution is -1.93. The largest absolute Gasteiger partial charge is 0.316 e. The molecule has 0 saturated heterocycles. The number of nitrogens with zero attached hydrogens (tertiary/aromatic N) is 1. The Bertz CT molecular complexity index is 1390. The van der Waals surface area contributed by atoms with Crippen LogP contribution in [-0.2, 0) is 0 Å². The average molecular weight is 472 g/mol. The molecule has 5 aromatic rings. The fourth-order valence-corrected chi connectivity index (χ4v) is 4.09. The van der Waals surface area contributed by atoms with Gasteiger partial charge in [-0.05, 0) is 73.4 Å². The van der Waals surface area contributed by atoms with E-state index in [1.807, 2.05) is 45.0 Å². The molecule has 0 aliphatic rings. The summed E-state index contributed by atoms with van der Waals surface area (Å²) in [6, 6.07) is 36.3. The minimum Gasteiger partial charge on any atom is -0.316 e. The van der Waals surface area contributed by atoms with Crippen LogP contribution >= 0.6 is 0 Å². The second-order valence-electron chi connectivity index (χ2n) is 8.30. The average Bonchev–Trinajstić information content (AvgIpc) is 3.37. The third kappa shape index (κ3) is 6.73. The Hall–Kier alpha value is -4.10. The van der Waals surface area contributed by atoms with E-state index in [0.29, 0.717) is 0 Å². The summed E-state index contributed by atoms with van der Waals surface area (Å²) in [5, 5.41) is 1.26. The van der Waals surface area contributed by atoms with Gasteiger partial charge in [0.25, 0.3) is 0 Å². The second kappa shape index (κ2) is 13.7. The van der Waals surface area contributed by atoms with Gasteiger partial charge in [-0.1, -0.05) is 117 Å². The van der Waals surface area contributed by atoms with Crippen molar-refractivity contribution in [3.8, 4) is 16.8 Å². The molecule has 0 fully saturated rings. The third-order valence-corrected chi connectivity index (χ3v) is 5.74. The Morgan fingerprint density at radius 3 is 1.83 bits per heavy atom. The van der Waals surface area contributed by atoms with Gasteiger partial charge in [-0.2, -0.15) is 0 Å². The molecule has 1 heterocycles. The van der Waals surface area contributed by atoms with E-state index in [0.717, 1.165) is 0 Å². The van der Waals surface area contributed by atoms with Crippen LogP contribution in [0, 0.1) is 6.92 Å². The van der Waals surface area contributed by atoms with Gasteiger partial charge in [0.1, 0.15) is 0 Å². The van der Waals surface area contributed by atoms with E-state index in [4.69, 9.17) is 0 Å². The minimum absolute atomic E-state index is 1.19. The predicted octanol–water partition coefficient (Wildman–Crippen LogP) is 10.4. The van der Waals surface area contributed by atoms with Gasteiger partial charge in [0.2, 0.25) is 0 Å². The zero-order valence-corrected chi connectivity index (χ0v) is 22.1. The fourth-order valence-electron chi connectivity index (χ4n) is 4.09. The third-order valence-electron chi connectivity index (χ3n) is 5.74. The van der Waals surface area contributed by atoms with Gasteiger partial charge in [0.05, 0.1) is 5.52 Å². The minimum atomic E-state index is 1.19. The number of aryl methyl sites for hydroxylation is 1. The second-order valence-corrected chi connectivity index (χ2v) is 8.30. The van der Waals surface area contributed by atoms with Crippen molar-refractivity contribution in [2.75, 3.05) is 0 Å². The van der Waals surface area contributed by atoms with Crippen molar-refractivity contribution in [3.63, 3.8) is 0 Å². The summed E-state index contributed by atoms with van der Waals surface area (Å²) in [6.07, 6.45) is 10.6. The van der Waals surface area contributed by atoms with Crippen molar-refractivity contribution < 1.29 is 0 Å². The first-order valence-corrected chi connectivity index (χ1v) is 12.8. The van der Waals surface area contributed by atoms with Gasteiger partial charge < -0.3 is 4.57 Å². The Kier molecular flexibility index (Phi) is 10.1. The van der Waals surface area contributed by atoms with Crippen molar-refractivity contribution >= 4 is 23.1 Å². The van der Waals surface area contributed by atoms with E-state index >= 15 is 0 Å². The molecule has 0 saturated carbocycles. The lowest BCUT2D eigenvalue weighted by Gasteiger charge is -2.11. The zero-order chi connectivity index (χ0) is 25.8. The molecule has 0 radical (unpaired) electrons. The van der Waals surface area contributed by atoms with Crippen LogP contribution < -0.4 is 0 Å². The first kappa shape index (κ1) is 26.5. The first-order chi connectivity index (χ1) is 17.7. The highest BCUT2D eigenvalue weighted by molar-refractivity contribution is 5.94. The van der Waals surface area contributed by atoms with E-state index in [2.05, 4.69) is 128 Å². The summed E-state index contributed by atoms with van der Waals surface area (Å²) >= 11 is 0. The van der Waals surface area contributed by atoms with Crippen LogP contribution in [0.1, 0.15) is 44.4 Å². The van der Waals surface area contributed by atoms with E-state index in [9.17, 15) is 0 Å². The molecule has 0 amide bonds. The number of allylic oxidation sites excluding steroid dienone is 2. The van der Waals surface area contributed by atoms with Gasteiger partial charge in [-0.15, -0.1) is 0 Å². The molecule has 0 atom stereocenters. The maximum Gasteiger partial charge on any atom is 0.0601 e. The van der Waals surface area contributed by atoms with Gasteiger partial charge in [-0.25, -0.2) is 0 Å². The number of rotatable bonds is 4. The van der Waals surface area contributed by atoms with Gasteiger partial charge in [-0.3, -0.25) is 0 Å². The number of hydrogen-bond donors (Lipinski definition) is 0. The fraction of sp³-hybridized carbons (Fsp3) is 0.143. The highest BCUT2D eigenvalue weighted by Gasteiger charge is 2.10. The van der Waals surface area contributed by atoms with Gasteiger partial charge in [0.15, 0.2) is 0 Å². The molecule has 36 heavy (non-hydrogen) atoms. The van der Waals surface area contributed by atoms with Crippen LogP contribution in [0.3, 0.4) is 0 Å². The Labute approximate surface area is 217 Å². The molecular formula is C35H37N. The SMILES string of the molecule is C/C=C/c1cc(-c2ccc(C)cc2)cc2ccn(-c3ccccc3)c12.C/C=C\c1ccccc1.CC. The van der Waals surface area contributed by atoms with Crippen molar-refractivity contribution in [2.24, 2.45) is 0 Å². The van der Waals surface area contributed by atoms with Gasteiger partial charge >= 0.3 is 0 Å². The molecule has 0 N–H and O–H groups in total. The normalized spacial score (nSPS) is 10.7. The number of fused-ring (bicyclic) bond motifs is 1. The first-order valence-electron chi connectivity index (χ1n) is 12.8. The molecule has 0 bridgehead atoms. The van der Waals surface area contributed by atoms with Crippen molar-refractivity contribution in [3.05, 3.63) is 138 Å². The maximum atomic E-state index is 2.28. The molecule has 1 nitrogen and oxygen atoms in total. The highest BCUT2D eigenvalue weighted by Crippen LogP contribution is 2.31. The summed E-state index contributed by atoms with van der Waals surface area (Å²) in [4.78, 5) is 0. The molecule has 1 aromatic heterocycles. The van der Waals surface area contributed by atoms with Crippen molar-refractivity contribution in [1.29, 1.82) is 0 Å². The molecule has 1 heteroatoms. The van der Waals surface area contributed by atoms with E-state index < -0.39 is 0 Å². The molecule has 5 rings (SSSR count). The number of aromatic nitrogens is 1. The van der Waals surface area contributed by atoms with Crippen LogP contribution in [0.4, 0.5) is 0 Å². The number of hydrogen-bond acceptors (Lipinski definition) is 0. The lowest BCUT2D eigenvalue weighted by atomic mass is 9.99. The Balaban J connectivity index is 0.000000276. The number of para-hydroxylation sites is 1.